The number of nitrogens with zero attached hydrogens (tertiary/aromatic N) is 2. The Morgan fingerprint density at radius 2 is 2.00 bits per heavy atom. The highest BCUT2D eigenvalue weighted by Crippen LogP contribution is 2.31. The molecule has 0 bridgehead atoms. The van der Waals surface area contributed by atoms with Crippen LogP contribution in [-0.4, -0.2) is 21.7 Å². The summed E-state index contributed by atoms with van der Waals surface area (Å²) < 4.78 is 15.0. The molecule has 0 radical (unpaired) electrons. The van der Waals surface area contributed by atoms with Crippen LogP contribution in [0.3, 0.4) is 0 Å². The Balaban J connectivity index is 1.64. The fraction of sp³-hybridized carbons (Fsp3) is 0.400. The number of halogens is 1. The zero-order chi connectivity index (χ0) is 18.3. The average Bonchev–Trinajstić information content (AvgIpc) is 3.19. The van der Waals surface area contributed by atoms with E-state index in [1.807, 2.05) is 13.0 Å². The van der Waals surface area contributed by atoms with Gasteiger partial charge in [-0.25, -0.2) is 9.07 Å². The lowest BCUT2D eigenvalue weighted by molar-refractivity contribution is 0.0914. The number of amides is 1. The van der Waals surface area contributed by atoms with Crippen LogP contribution in [0.1, 0.15) is 48.0 Å². The van der Waals surface area contributed by atoms with E-state index < -0.39 is 0 Å². The molecule has 4 rings (SSSR count). The van der Waals surface area contributed by atoms with Crippen molar-refractivity contribution in [3.05, 3.63) is 46.7 Å². The highest BCUT2D eigenvalue weighted by atomic mass is 32.1. The molecule has 1 amide bonds. The van der Waals surface area contributed by atoms with Crippen LogP contribution in [0.4, 0.5) is 4.39 Å². The van der Waals surface area contributed by atoms with Gasteiger partial charge in [0.05, 0.1) is 16.3 Å². The second-order valence-electron chi connectivity index (χ2n) is 7.14. The molecule has 2 aromatic heterocycles. The molecular formula is C20H22FN3OS. The van der Waals surface area contributed by atoms with E-state index in [1.165, 1.54) is 42.7 Å². The van der Waals surface area contributed by atoms with Crippen molar-refractivity contribution in [2.24, 2.45) is 5.92 Å². The Kier molecular flexibility index (Phi) is 4.53. The summed E-state index contributed by atoms with van der Waals surface area (Å²) >= 11 is 1.44. The summed E-state index contributed by atoms with van der Waals surface area (Å²) in [6.45, 7) is 4.14. The van der Waals surface area contributed by atoms with E-state index in [0.717, 1.165) is 28.0 Å². The largest absolute Gasteiger partial charge is 0.348 e. The van der Waals surface area contributed by atoms with Crippen LogP contribution in [0.5, 0.6) is 0 Å². The Morgan fingerprint density at radius 3 is 2.73 bits per heavy atom. The molecule has 2 heterocycles. The normalized spacial score (nSPS) is 20.4. The molecule has 4 nitrogen and oxygen atoms in total. The van der Waals surface area contributed by atoms with E-state index in [9.17, 15) is 9.18 Å². The molecule has 1 saturated carbocycles. The van der Waals surface area contributed by atoms with Crippen molar-refractivity contribution >= 4 is 27.5 Å². The van der Waals surface area contributed by atoms with E-state index in [0.29, 0.717) is 10.8 Å². The lowest BCUT2D eigenvalue weighted by Crippen LogP contribution is -2.40. The highest BCUT2D eigenvalue weighted by Gasteiger charge is 2.25. The fourth-order valence-corrected chi connectivity index (χ4v) is 4.77. The molecule has 1 aliphatic carbocycles. The predicted molar refractivity (Wildman–Crippen MR) is 103 cm³/mol. The first kappa shape index (κ1) is 17.2. The molecule has 0 saturated heterocycles. The monoisotopic (exact) mass is 371 g/mol. The third kappa shape index (κ3) is 3.14. The Hall–Kier alpha value is -2.21. The number of aryl methyl sites for hydroxylation is 1. The number of hydrogen-bond donors (Lipinski definition) is 1. The second kappa shape index (κ2) is 6.83. The number of carbonyl (C=O) groups is 1. The number of benzene rings is 1. The van der Waals surface area contributed by atoms with Gasteiger partial charge < -0.3 is 5.32 Å². The van der Waals surface area contributed by atoms with Gasteiger partial charge in [0.15, 0.2) is 0 Å². The van der Waals surface area contributed by atoms with Gasteiger partial charge in [0.1, 0.15) is 10.6 Å². The predicted octanol–water partition coefficient (Wildman–Crippen LogP) is 4.84. The molecule has 0 unspecified atom stereocenters. The van der Waals surface area contributed by atoms with Gasteiger partial charge in [-0.15, -0.1) is 11.3 Å². The zero-order valence-electron chi connectivity index (χ0n) is 15.0. The molecule has 6 heteroatoms. The lowest BCUT2D eigenvalue weighted by atomic mass is 9.86. The van der Waals surface area contributed by atoms with Crippen LogP contribution in [0.15, 0.2) is 30.3 Å². The van der Waals surface area contributed by atoms with E-state index >= 15 is 0 Å². The van der Waals surface area contributed by atoms with Gasteiger partial charge in [-0.1, -0.05) is 19.8 Å². The number of hydrogen-bond acceptors (Lipinski definition) is 3. The molecule has 1 aliphatic rings. The number of fused-ring (bicyclic) bond motifs is 1. The van der Waals surface area contributed by atoms with Crippen molar-refractivity contribution in [3.63, 3.8) is 0 Å². The maximum absolute atomic E-state index is 13.2. The minimum atomic E-state index is -0.276. The summed E-state index contributed by atoms with van der Waals surface area (Å²) in [6.07, 6.45) is 4.67. The molecule has 1 aromatic carbocycles. The molecule has 1 N–H and O–H groups in total. The highest BCUT2D eigenvalue weighted by molar-refractivity contribution is 7.20. The summed E-state index contributed by atoms with van der Waals surface area (Å²) in [5.74, 6) is 0.246. The third-order valence-electron chi connectivity index (χ3n) is 5.27. The molecular weight excluding hydrogens is 349 g/mol. The van der Waals surface area contributed by atoms with Crippen molar-refractivity contribution in [1.29, 1.82) is 0 Å². The van der Waals surface area contributed by atoms with Crippen molar-refractivity contribution in [2.45, 2.75) is 45.6 Å². The van der Waals surface area contributed by atoms with E-state index in [1.54, 1.807) is 16.8 Å². The van der Waals surface area contributed by atoms with Gasteiger partial charge in [-0.3, -0.25) is 4.79 Å². The van der Waals surface area contributed by atoms with E-state index in [2.05, 4.69) is 17.3 Å². The smallest absolute Gasteiger partial charge is 0.261 e. The average molecular weight is 371 g/mol. The maximum Gasteiger partial charge on any atom is 0.261 e. The summed E-state index contributed by atoms with van der Waals surface area (Å²) in [6, 6.07) is 8.42. The first-order valence-corrected chi connectivity index (χ1v) is 9.90. The number of nitrogens with one attached hydrogen (secondary N) is 1. The van der Waals surface area contributed by atoms with Gasteiger partial charge in [0.2, 0.25) is 0 Å². The summed E-state index contributed by atoms with van der Waals surface area (Å²) in [7, 11) is 0. The maximum atomic E-state index is 13.2. The Bertz CT molecular complexity index is 944. The molecule has 136 valence electrons. The number of thiophene rings is 1. The SMILES string of the molecule is Cc1nn(-c2ccc(F)cc2)c2sc(C(=O)N[C@@H]3CCCC[C@H]3C)cc12. The quantitative estimate of drug-likeness (QED) is 0.716. The topological polar surface area (TPSA) is 46.9 Å². The number of aromatic nitrogens is 2. The van der Waals surface area contributed by atoms with Crippen molar-refractivity contribution < 1.29 is 9.18 Å². The van der Waals surface area contributed by atoms with Crippen LogP contribution in [0.2, 0.25) is 0 Å². The minimum Gasteiger partial charge on any atom is -0.348 e. The van der Waals surface area contributed by atoms with Crippen LogP contribution in [0.25, 0.3) is 15.9 Å². The summed E-state index contributed by atoms with van der Waals surface area (Å²) in [5.41, 5.74) is 1.66. The number of rotatable bonds is 3. The summed E-state index contributed by atoms with van der Waals surface area (Å²) in [4.78, 5) is 14.4. The molecule has 1 fully saturated rings. The molecule has 2 atom stereocenters. The van der Waals surface area contributed by atoms with E-state index in [4.69, 9.17) is 0 Å². The van der Waals surface area contributed by atoms with Gasteiger partial charge in [-0.05, 0) is 56.0 Å². The standard InChI is InChI=1S/C20H22FN3OS/c1-12-5-3-4-6-17(12)22-19(25)18-11-16-13(2)23-24(20(16)26-18)15-9-7-14(21)8-10-15/h7-12,17H,3-6H2,1-2H3,(H,22,25)/t12-,17-/m1/s1. The summed E-state index contributed by atoms with van der Waals surface area (Å²) in [5, 5.41) is 8.74. The molecule has 3 aromatic rings. The third-order valence-corrected chi connectivity index (χ3v) is 6.38. The first-order chi connectivity index (χ1) is 12.5. The minimum absolute atomic E-state index is 0.00462. The Labute approximate surface area is 156 Å². The fourth-order valence-electron chi connectivity index (χ4n) is 3.69. The van der Waals surface area contributed by atoms with Crippen LogP contribution in [0, 0.1) is 18.7 Å². The Morgan fingerprint density at radius 1 is 1.27 bits per heavy atom. The van der Waals surface area contributed by atoms with Crippen LogP contribution < -0.4 is 5.32 Å². The van der Waals surface area contributed by atoms with Gasteiger partial charge in [0, 0.05) is 11.4 Å². The second-order valence-corrected chi connectivity index (χ2v) is 8.18. The number of carbonyl (C=O) groups excluding carboxylic acids is 1. The zero-order valence-corrected chi connectivity index (χ0v) is 15.8. The van der Waals surface area contributed by atoms with E-state index in [-0.39, 0.29) is 17.8 Å². The molecule has 0 spiro atoms. The van der Waals surface area contributed by atoms with Crippen molar-refractivity contribution in [3.8, 4) is 5.69 Å². The van der Waals surface area contributed by atoms with Crippen LogP contribution >= 0.6 is 11.3 Å². The van der Waals surface area contributed by atoms with Gasteiger partial charge >= 0.3 is 0 Å². The van der Waals surface area contributed by atoms with Crippen molar-refractivity contribution in [2.75, 3.05) is 0 Å². The van der Waals surface area contributed by atoms with Gasteiger partial charge in [0.25, 0.3) is 5.91 Å². The lowest BCUT2D eigenvalue weighted by Gasteiger charge is -2.29. The van der Waals surface area contributed by atoms with Gasteiger partial charge in [-0.2, -0.15) is 5.10 Å². The molecule has 26 heavy (non-hydrogen) atoms. The van der Waals surface area contributed by atoms with Crippen LogP contribution in [-0.2, 0) is 0 Å². The first-order valence-electron chi connectivity index (χ1n) is 9.09. The molecule has 0 aliphatic heterocycles. The van der Waals surface area contributed by atoms with Crippen molar-refractivity contribution in [1.82, 2.24) is 15.1 Å².